The summed E-state index contributed by atoms with van der Waals surface area (Å²) in [4.78, 5) is 12.2. The number of hydrogen-bond donors (Lipinski definition) is 3. The molecule has 2 atom stereocenters. The summed E-state index contributed by atoms with van der Waals surface area (Å²) < 4.78 is 13.1. The van der Waals surface area contributed by atoms with E-state index in [0.29, 0.717) is 11.7 Å². The van der Waals surface area contributed by atoms with Gasteiger partial charge in [0.05, 0.1) is 11.6 Å². The van der Waals surface area contributed by atoms with Crippen molar-refractivity contribution >= 4 is 17.8 Å². The Morgan fingerprint density at radius 1 is 1.43 bits per heavy atom. The van der Waals surface area contributed by atoms with E-state index in [1.165, 1.54) is 23.9 Å². The van der Waals surface area contributed by atoms with Gasteiger partial charge in [0, 0.05) is 12.3 Å². The maximum Gasteiger partial charge on any atom is 0.315 e. The van der Waals surface area contributed by atoms with E-state index >= 15 is 0 Å². The average Bonchev–Trinajstić information content (AvgIpc) is 2.43. The molecular formula is C17H25FN2O2S. The molecule has 0 spiro atoms. The molecule has 0 aromatic heterocycles. The Kier molecular flexibility index (Phi) is 6.30. The fourth-order valence-electron chi connectivity index (χ4n) is 2.74. The van der Waals surface area contributed by atoms with Gasteiger partial charge in [-0.05, 0) is 49.6 Å². The van der Waals surface area contributed by atoms with Gasteiger partial charge in [0.15, 0.2) is 0 Å². The van der Waals surface area contributed by atoms with Gasteiger partial charge in [-0.1, -0.05) is 18.6 Å². The number of halogens is 1. The van der Waals surface area contributed by atoms with Crippen LogP contribution >= 0.6 is 11.8 Å². The molecule has 6 heteroatoms. The molecule has 3 N–H and O–H groups in total. The highest BCUT2D eigenvalue weighted by atomic mass is 32.2. The molecule has 4 nitrogen and oxygen atoms in total. The van der Waals surface area contributed by atoms with E-state index in [4.69, 9.17) is 0 Å². The zero-order valence-electron chi connectivity index (χ0n) is 13.6. The summed E-state index contributed by atoms with van der Waals surface area (Å²) in [6, 6.07) is 5.88. The summed E-state index contributed by atoms with van der Waals surface area (Å²) >= 11 is 1.53. The molecule has 1 aromatic carbocycles. The van der Waals surface area contributed by atoms with Crippen molar-refractivity contribution in [3.63, 3.8) is 0 Å². The molecule has 1 fully saturated rings. The third-order valence-electron chi connectivity index (χ3n) is 4.22. The van der Waals surface area contributed by atoms with E-state index in [9.17, 15) is 14.3 Å². The van der Waals surface area contributed by atoms with Gasteiger partial charge in [0.2, 0.25) is 0 Å². The van der Waals surface area contributed by atoms with Crippen LogP contribution < -0.4 is 10.6 Å². The van der Waals surface area contributed by atoms with Crippen molar-refractivity contribution in [2.75, 3.05) is 18.6 Å². The number of nitrogens with one attached hydrogen (secondary N) is 2. The van der Waals surface area contributed by atoms with E-state index in [2.05, 4.69) is 10.6 Å². The quantitative estimate of drug-likeness (QED) is 0.715. The fraction of sp³-hybridized carbons (Fsp3) is 0.588. The molecule has 2 unspecified atom stereocenters. The largest absolute Gasteiger partial charge is 0.387 e. The van der Waals surface area contributed by atoms with Gasteiger partial charge in [0.25, 0.3) is 0 Å². The van der Waals surface area contributed by atoms with Gasteiger partial charge in [0.1, 0.15) is 5.82 Å². The van der Waals surface area contributed by atoms with Crippen molar-refractivity contribution in [1.29, 1.82) is 0 Å². The zero-order chi connectivity index (χ0) is 16.9. The summed E-state index contributed by atoms with van der Waals surface area (Å²) in [5.41, 5.74) is -0.0133. The van der Waals surface area contributed by atoms with Crippen LogP contribution in [-0.2, 0) is 0 Å². The van der Waals surface area contributed by atoms with Gasteiger partial charge in [-0.2, -0.15) is 11.8 Å². The van der Waals surface area contributed by atoms with Crippen LogP contribution in [0, 0.1) is 11.7 Å². The molecule has 1 saturated carbocycles. The van der Waals surface area contributed by atoms with Gasteiger partial charge < -0.3 is 15.7 Å². The van der Waals surface area contributed by atoms with Gasteiger partial charge in [-0.25, -0.2) is 9.18 Å². The van der Waals surface area contributed by atoms with Crippen molar-refractivity contribution in [3.8, 4) is 0 Å². The van der Waals surface area contributed by atoms with Crippen molar-refractivity contribution in [3.05, 3.63) is 35.6 Å². The fourth-order valence-corrected chi connectivity index (χ4v) is 3.47. The van der Waals surface area contributed by atoms with Crippen LogP contribution in [0.15, 0.2) is 24.3 Å². The van der Waals surface area contributed by atoms with Crippen molar-refractivity contribution in [1.82, 2.24) is 10.6 Å². The van der Waals surface area contributed by atoms with Crippen molar-refractivity contribution in [2.24, 2.45) is 5.92 Å². The van der Waals surface area contributed by atoms with Crippen LogP contribution in [-0.4, -0.2) is 35.3 Å². The summed E-state index contributed by atoms with van der Waals surface area (Å²) in [5.74, 6) is 0.661. The van der Waals surface area contributed by atoms with Crippen LogP contribution in [0.3, 0.4) is 0 Å². The molecule has 128 valence electrons. The molecule has 0 heterocycles. The lowest BCUT2D eigenvalue weighted by Gasteiger charge is -2.35. The van der Waals surface area contributed by atoms with E-state index in [0.717, 1.165) is 24.8 Å². The third-order valence-corrected chi connectivity index (χ3v) is 5.13. The lowest BCUT2D eigenvalue weighted by Crippen LogP contribution is -2.48. The Bertz CT molecular complexity index is 518. The van der Waals surface area contributed by atoms with Gasteiger partial charge in [-0.15, -0.1) is 0 Å². The highest BCUT2D eigenvalue weighted by Crippen LogP contribution is 2.37. The summed E-state index contributed by atoms with van der Waals surface area (Å²) in [5, 5.41) is 15.8. The molecule has 2 amide bonds. The molecule has 0 bridgehead atoms. The summed E-state index contributed by atoms with van der Waals surface area (Å²) in [6.07, 6.45) is 5.20. The predicted octanol–water partition coefficient (Wildman–Crippen LogP) is 3.08. The second-order valence-corrected chi connectivity index (χ2v) is 7.34. The minimum absolute atomic E-state index is 0.116. The van der Waals surface area contributed by atoms with E-state index in [1.807, 2.05) is 6.26 Å². The Hall–Kier alpha value is -1.27. The van der Waals surface area contributed by atoms with Crippen molar-refractivity contribution < 1.29 is 14.3 Å². The number of thioether (sulfide) groups is 1. The standard InChI is InChI=1S/C17H25FN2O2S/c1-17(22,11-23-2)10-19-16(21)20-15(12-4-3-5-12)13-6-8-14(18)9-7-13/h6-9,12,15,22H,3-5,10-11H2,1-2H3,(H2,19,20,21). The first-order valence-corrected chi connectivity index (χ1v) is 9.32. The number of carbonyl (C=O) groups is 1. The molecule has 0 saturated heterocycles. The van der Waals surface area contributed by atoms with Crippen LogP contribution in [0.5, 0.6) is 0 Å². The van der Waals surface area contributed by atoms with Crippen LogP contribution in [0.1, 0.15) is 37.8 Å². The highest BCUT2D eigenvalue weighted by molar-refractivity contribution is 7.98. The van der Waals surface area contributed by atoms with Crippen LogP contribution in [0.4, 0.5) is 9.18 Å². The number of hydrogen-bond acceptors (Lipinski definition) is 3. The minimum atomic E-state index is -0.932. The molecule has 1 aliphatic carbocycles. The van der Waals surface area contributed by atoms with E-state index < -0.39 is 5.60 Å². The third kappa shape index (κ3) is 5.39. The Morgan fingerprint density at radius 2 is 2.09 bits per heavy atom. The van der Waals surface area contributed by atoms with E-state index in [1.54, 1.807) is 19.1 Å². The van der Waals surface area contributed by atoms with Crippen molar-refractivity contribution in [2.45, 2.75) is 37.8 Å². The Balaban J connectivity index is 1.95. The Labute approximate surface area is 141 Å². The summed E-state index contributed by atoms with van der Waals surface area (Å²) in [6.45, 7) is 1.90. The zero-order valence-corrected chi connectivity index (χ0v) is 14.5. The second-order valence-electron chi connectivity index (χ2n) is 6.48. The number of carbonyl (C=O) groups excluding carboxylic acids is 1. The first kappa shape index (κ1) is 18.1. The molecule has 0 aliphatic heterocycles. The molecule has 0 radical (unpaired) electrons. The number of aliphatic hydroxyl groups is 1. The average molecular weight is 340 g/mol. The second kappa shape index (κ2) is 8.02. The molecule has 23 heavy (non-hydrogen) atoms. The van der Waals surface area contributed by atoms with Crippen LogP contribution in [0.2, 0.25) is 0 Å². The van der Waals surface area contributed by atoms with Gasteiger partial charge >= 0.3 is 6.03 Å². The lowest BCUT2D eigenvalue weighted by molar-refractivity contribution is 0.0864. The maximum atomic E-state index is 13.1. The summed E-state index contributed by atoms with van der Waals surface area (Å²) in [7, 11) is 0. The Morgan fingerprint density at radius 3 is 2.61 bits per heavy atom. The number of amides is 2. The molecule has 1 aliphatic rings. The molecule has 1 aromatic rings. The number of urea groups is 1. The smallest absolute Gasteiger partial charge is 0.315 e. The number of benzene rings is 1. The topological polar surface area (TPSA) is 61.4 Å². The highest BCUT2D eigenvalue weighted by Gasteiger charge is 2.30. The lowest BCUT2D eigenvalue weighted by atomic mass is 9.77. The van der Waals surface area contributed by atoms with Crippen LogP contribution in [0.25, 0.3) is 0 Å². The maximum absolute atomic E-state index is 13.1. The van der Waals surface area contributed by atoms with E-state index in [-0.39, 0.29) is 24.4 Å². The normalized spacial score (nSPS) is 18.6. The first-order chi connectivity index (χ1) is 10.9. The predicted molar refractivity (Wildman–Crippen MR) is 92.0 cm³/mol. The van der Waals surface area contributed by atoms with Gasteiger partial charge in [-0.3, -0.25) is 0 Å². The SMILES string of the molecule is CSCC(C)(O)CNC(=O)NC(c1ccc(F)cc1)C1CCC1. The number of rotatable bonds is 7. The monoisotopic (exact) mass is 340 g/mol. The molecule has 2 rings (SSSR count). The molecular weight excluding hydrogens is 315 g/mol. The minimum Gasteiger partial charge on any atom is -0.387 e. The first-order valence-electron chi connectivity index (χ1n) is 7.92.